The van der Waals surface area contributed by atoms with Gasteiger partial charge in [-0.05, 0) is 24.3 Å². The zero-order valence-electron chi connectivity index (χ0n) is 18.1. The molecule has 2 heterocycles. The lowest BCUT2D eigenvalue weighted by molar-refractivity contribution is -0.227. The van der Waals surface area contributed by atoms with Crippen molar-refractivity contribution in [3.8, 4) is 0 Å². The second-order valence-corrected chi connectivity index (χ2v) is 8.22. The average molecular weight is 421 g/mol. The van der Waals surface area contributed by atoms with Crippen LogP contribution in [0.2, 0.25) is 0 Å². The summed E-state index contributed by atoms with van der Waals surface area (Å²) in [6.07, 6.45) is 0.457. The maximum Gasteiger partial charge on any atom is 0.408 e. The van der Waals surface area contributed by atoms with Gasteiger partial charge in [0.25, 0.3) is 0 Å². The van der Waals surface area contributed by atoms with E-state index in [9.17, 15) is 9.59 Å². The summed E-state index contributed by atoms with van der Waals surface area (Å²) in [7, 11) is 3.11. The third-order valence-electron chi connectivity index (χ3n) is 5.78. The van der Waals surface area contributed by atoms with E-state index >= 15 is 0 Å². The number of hydrogen-bond acceptors (Lipinski definition) is 6. The maximum absolute atomic E-state index is 13.4. The van der Waals surface area contributed by atoms with Gasteiger partial charge in [-0.25, -0.2) is 4.79 Å². The van der Waals surface area contributed by atoms with Gasteiger partial charge in [0.15, 0.2) is 0 Å². The van der Waals surface area contributed by atoms with Crippen molar-refractivity contribution in [1.29, 1.82) is 0 Å². The van der Waals surface area contributed by atoms with Crippen LogP contribution in [0.3, 0.4) is 0 Å². The maximum atomic E-state index is 13.4. The topological polar surface area (TPSA) is 86.3 Å². The van der Waals surface area contributed by atoms with E-state index in [0.29, 0.717) is 19.4 Å². The van der Waals surface area contributed by atoms with E-state index in [0.717, 1.165) is 5.56 Å². The van der Waals surface area contributed by atoms with Crippen molar-refractivity contribution in [2.24, 2.45) is 5.92 Å². The highest BCUT2D eigenvalue weighted by Crippen LogP contribution is 2.39. The van der Waals surface area contributed by atoms with Crippen molar-refractivity contribution >= 4 is 12.0 Å². The summed E-state index contributed by atoms with van der Waals surface area (Å²) in [5, 5.41) is 2.76. The Labute approximate surface area is 177 Å². The van der Waals surface area contributed by atoms with Crippen LogP contribution in [0.5, 0.6) is 0 Å². The van der Waals surface area contributed by atoms with E-state index in [1.54, 1.807) is 19.1 Å². The van der Waals surface area contributed by atoms with E-state index < -0.39 is 17.9 Å². The van der Waals surface area contributed by atoms with Gasteiger partial charge < -0.3 is 29.2 Å². The summed E-state index contributed by atoms with van der Waals surface area (Å²) in [6, 6.07) is 8.38. The summed E-state index contributed by atoms with van der Waals surface area (Å²) in [5.41, 5.74) is 0.884. The first-order chi connectivity index (χ1) is 14.4. The van der Waals surface area contributed by atoms with Crippen molar-refractivity contribution < 1.29 is 28.5 Å². The van der Waals surface area contributed by atoms with Crippen LogP contribution >= 0.6 is 0 Å². The quantitative estimate of drug-likeness (QED) is 0.650. The van der Waals surface area contributed by atoms with Crippen LogP contribution in [0.1, 0.15) is 32.3 Å². The zero-order valence-corrected chi connectivity index (χ0v) is 18.1. The monoisotopic (exact) mass is 420 g/mol. The molecule has 0 bridgehead atoms. The minimum atomic E-state index is -0.993. The standard InChI is InChI=1S/C22H32N2O6/c1-15(2)12-17(23-21(26)29-13-16-8-6-5-7-9-16)20(25)24-11-10-18-19(24)22(27-3,28-4)14-30-18/h5-9,15,17-19H,10-14H2,1-4H3,(H,23,26)/t17-,18?,19?/m0/s1. The normalized spacial score (nSPS) is 23.3. The Morgan fingerprint density at radius 3 is 2.57 bits per heavy atom. The van der Waals surface area contributed by atoms with Gasteiger partial charge in [0, 0.05) is 20.8 Å². The van der Waals surface area contributed by atoms with Gasteiger partial charge in [0.1, 0.15) is 25.3 Å². The molecule has 3 atom stereocenters. The Morgan fingerprint density at radius 2 is 1.93 bits per heavy atom. The molecule has 2 aliphatic heterocycles. The van der Waals surface area contributed by atoms with Gasteiger partial charge in [-0.3, -0.25) is 4.79 Å². The molecule has 2 fully saturated rings. The van der Waals surface area contributed by atoms with E-state index in [1.807, 2.05) is 44.2 Å². The molecule has 2 aliphatic rings. The number of nitrogens with zero attached hydrogens (tertiary/aromatic N) is 1. The van der Waals surface area contributed by atoms with E-state index in [-0.39, 0.29) is 37.2 Å². The van der Waals surface area contributed by atoms with Crippen LogP contribution in [0.15, 0.2) is 30.3 Å². The second kappa shape index (κ2) is 9.76. The van der Waals surface area contributed by atoms with Crippen LogP contribution in [-0.4, -0.2) is 68.2 Å². The number of fused-ring (bicyclic) bond motifs is 1. The fourth-order valence-electron chi connectivity index (χ4n) is 4.26. The third-order valence-corrected chi connectivity index (χ3v) is 5.78. The molecule has 0 radical (unpaired) electrons. The molecule has 2 unspecified atom stereocenters. The number of ether oxygens (including phenoxy) is 4. The smallest absolute Gasteiger partial charge is 0.408 e. The molecular weight excluding hydrogens is 388 g/mol. The highest BCUT2D eigenvalue weighted by atomic mass is 16.7. The number of carbonyl (C=O) groups is 2. The molecule has 1 aromatic carbocycles. The number of nitrogens with one attached hydrogen (secondary N) is 1. The Hall–Kier alpha value is -2.16. The van der Waals surface area contributed by atoms with E-state index in [4.69, 9.17) is 18.9 Å². The summed E-state index contributed by atoms with van der Waals surface area (Å²) in [6.45, 7) is 4.96. The summed E-state index contributed by atoms with van der Waals surface area (Å²) >= 11 is 0. The molecule has 3 rings (SSSR count). The fraction of sp³-hybridized carbons (Fsp3) is 0.636. The molecule has 0 aromatic heterocycles. The first-order valence-electron chi connectivity index (χ1n) is 10.4. The van der Waals surface area contributed by atoms with Crippen molar-refractivity contribution in [2.75, 3.05) is 27.4 Å². The van der Waals surface area contributed by atoms with Gasteiger partial charge in [0.2, 0.25) is 11.7 Å². The molecule has 2 amide bonds. The van der Waals surface area contributed by atoms with E-state index in [1.165, 1.54) is 0 Å². The highest BCUT2D eigenvalue weighted by molar-refractivity contribution is 5.86. The average Bonchev–Trinajstić information content (AvgIpc) is 3.32. The molecule has 1 N–H and O–H groups in total. The lowest BCUT2D eigenvalue weighted by Crippen LogP contribution is -2.58. The number of hydrogen-bond donors (Lipinski definition) is 1. The number of carbonyl (C=O) groups excluding carboxylic acids is 2. The SMILES string of the molecule is COC1(OC)COC2CCN(C(=O)[C@H](CC(C)C)NC(=O)OCc3ccccc3)C21. The van der Waals surface area contributed by atoms with E-state index in [2.05, 4.69) is 5.32 Å². The van der Waals surface area contributed by atoms with Crippen molar-refractivity contribution in [3.63, 3.8) is 0 Å². The molecule has 8 nitrogen and oxygen atoms in total. The van der Waals surface area contributed by atoms with Gasteiger partial charge >= 0.3 is 6.09 Å². The largest absolute Gasteiger partial charge is 0.445 e. The second-order valence-electron chi connectivity index (χ2n) is 8.22. The number of benzene rings is 1. The molecule has 1 aromatic rings. The van der Waals surface area contributed by atoms with Gasteiger partial charge in [0.05, 0.1) is 6.10 Å². The Balaban J connectivity index is 1.68. The number of methoxy groups -OCH3 is 2. The van der Waals surface area contributed by atoms with Crippen LogP contribution in [0.25, 0.3) is 0 Å². The van der Waals surface area contributed by atoms with Crippen molar-refractivity contribution in [2.45, 2.75) is 57.3 Å². The number of likely N-dealkylation sites (tertiary alicyclic amines) is 1. The lowest BCUT2D eigenvalue weighted by atomic mass is 10.0. The van der Waals surface area contributed by atoms with Crippen LogP contribution in [-0.2, 0) is 30.3 Å². The predicted octanol–water partition coefficient (Wildman–Crippen LogP) is 2.32. The van der Waals surface area contributed by atoms with Gasteiger partial charge in [-0.1, -0.05) is 44.2 Å². The Kier molecular flexibility index (Phi) is 7.33. The van der Waals surface area contributed by atoms with Crippen LogP contribution < -0.4 is 5.32 Å². The fourth-order valence-corrected chi connectivity index (χ4v) is 4.26. The Morgan fingerprint density at radius 1 is 1.23 bits per heavy atom. The zero-order chi connectivity index (χ0) is 21.7. The predicted molar refractivity (Wildman–Crippen MR) is 110 cm³/mol. The first-order valence-corrected chi connectivity index (χ1v) is 10.4. The Bertz CT molecular complexity index is 722. The molecule has 8 heteroatoms. The van der Waals surface area contributed by atoms with Crippen LogP contribution in [0.4, 0.5) is 4.79 Å². The van der Waals surface area contributed by atoms with Gasteiger partial charge in [-0.15, -0.1) is 0 Å². The molecule has 0 saturated carbocycles. The number of alkyl carbamates (subject to hydrolysis) is 1. The molecule has 2 saturated heterocycles. The highest BCUT2D eigenvalue weighted by Gasteiger charge is 2.58. The van der Waals surface area contributed by atoms with Gasteiger partial charge in [-0.2, -0.15) is 0 Å². The first kappa shape index (κ1) is 22.5. The molecule has 0 aliphatic carbocycles. The molecular formula is C22H32N2O6. The van der Waals surface area contributed by atoms with Crippen molar-refractivity contribution in [1.82, 2.24) is 10.2 Å². The minimum Gasteiger partial charge on any atom is -0.445 e. The summed E-state index contributed by atoms with van der Waals surface area (Å²) < 4.78 is 22.4. The summed E-state index contributed by atoms with van der Waals surface area (Å²) in [4.78, 5) is 27.6. The number of amides is 2. The van der Waals surface area contributed by atoms with Crippen LogP contribution in [0, 0.1) is 5.92 Å². The minimum absolute atomic E-state index is 0.140. The lowest BCUT2D eigenvalue weighted by Gasteiger charge is -2.37. The molecule has 166 valence electrons. The molecule has 30 heavy (non-hydrogen) atoms. The summed E-state index contributed by atoms with van der Waals surface area (Å²) in [5.74, 6) is -0.953. The third kappa shape index (κ3) is 4.77. The number of rotatable bonds is 8. The van der Waals surface area contributed by atoms with Crippen molar-refractivity contribution in [3.05, 3.63) is 35.9 Å². The molecule has 0 spiro atoms.